The lowest BCUT2D eigenvalue weighted by atomic mass is 10.0. The number of fused-ring (bicyclic) bond motifs is 1. The zero-order valence-corrected chi connectivity index (χ0v) is 13.0. The molecule has 22 heavy (non-hydrogen) atoms. The number of aromatic nitrogens is 2. The molecule has 0 aliphatic carbocycles. The number of hydrogen-bond acceptors (Lipinski definition) is 3. The van der Waals surface area contributed by atoms with Crippen LogP contribution in [0, 0.1) is 13.8 Å². The molecule has 5 nitrogen and oxygen atoms in total. The third kappa shape index (κ3) is 3.13. The van der Waals surface area contributed by atoms with Gasteiger partial charge in [-0.1, -0.05) is 18.2 Å². The van der Waals surface area contributed by atoms with Crippen LogP contribution in [-0.4, -0.2) is 22.3 Å². The summed E-state index contributed by atoms with van der Waals surface area (Å²) in [5, 5.41) is 7.49. The van der Waals surface area contributed by atoms with Crippen LogP contribution < -0.4 is 10.1 Å². The minimum absolute atomic E-state index is 0.0397. The fourth-order valence-corrected chi connectivity index (χ4v) is 2.87. The fraction of sp³-hybridized carbons (Fsp3) is 0.412. The molecule has 0 spiro atoms. The molecule has 1 aliphatic rings. The molecule has 0 fully saturated rings. The summed E-state index contributed by atoms with van der Waals surface area (Å²) in [5.41, 5.74) is 3.13. The van der Waals surface area contributed by atoms with E-state index in [0.717, 1.165) is 29.1 Å². The maximum Gasteiger partial charge on any atom is 0.222 e. The van der Waals surface area contributed by atoms with Gasteiger partial charge in [0.2, 0.25) is 5.91 Å². The number of aryl methyl sites for hydroxylation is 3. The molecule has 2 aromatic rings. The monoisotopic (exact) mass is 299 g/mol. The van der Waals surface area contributed by atoms with Crippen LogP contribution in [0.3, 0.4) is 0 Å². The first-order valence-corrected chi connectivity index (χ1v) is 7.65. The Morgan fingerprint density at radius 2 is 2.23 bits per heavy atom. The van der Waals surface area contributed by atoms with Gasteiger partial charge in [-0.05, 0) is 26.0 Å². The molecule has 1 N–H and O–H groups in total. The molecule has 0 bridgehead atoms. The van der Waals surface area contributed by atoms with E-state index in [4.69, 9.17) is 4.74 Å². The summed E-state index contributed by atoms with van der Waals surface area (Å²) in [6, 6.07) is 9.95. The Hall–Kier alpha value is -2.30. The maximum absolute atomic E-state index is 12.2. The SMILES string of the molecule is Cc1cc(C)n(CCC(=O)N[C@H]2CCOc3ccccc32)n1. The molecular weight excluding hydrogens is 278 g/mol. The molecular formula is C17H21N3O2. The summed E-state index contributed by atoms with van der Waals surface area (Å²) < 4.78 is 7.50. The first-order chi connectivity index (χ1) is 10.6. The molecule has 0 radical (unpaired) electrons. The van der Waals surface area contributed by atoms with Crippen molar-refractivity contribution in [1.29, 1.82) is 0 Å². The van der Waals surface area contributed by atoms with Crippen molar-refractivity contribution in [3.8, 4) is 5.75 Å². The van der Waals surface area contributed by atoms with Gasteiger partial charge in [-0.2, -0.15) is 5.10 Å². The zero-order valence-electron chi connectivity index (χ0n) is 13.0. The molecule has 0 saturated heterocycles. The van der Waals surface area contributed by atoms with Gasteiger partial charge in [0.05, 0.1) is 18.3 Å². The number of carbonyl (C=O) groups excluding carboxylic acids is 1. The average Bonchev–Trinajstić information content (AvgIpc) is 2.83. The summed E-state index contributed by atoms with van der Waals surface area (Å²) in [7, 11) is 0. The highest BCUT2D eigenvalue weighted by atomic mass is 16.5. The predicted octanol–water partition coefficient (Wildman–Crippen LogP) is 2.53. The second kappa shape index (κ2) is 6.22. The lowest BCUT2D eigenvalue weighted by Crippen LogP contribution is -2.32. The minimum Gasteiger partial charge on any atom is -0.493 e. The highest BCUT2D eigenvalue weighted by molar-refractivity contribution is 5.76. The van der Waals surface area contributed by atoms with Gasteiger partial charge >= 0.3 is 0 Å². The number of rotatable bonds is 4. The molecule has 1 aliphatic heterocycles. The molecule has 1 aromatic carbocycles. The fourth-order valence-electron chi connectivity index (χ4n) is 2.87. The van der Waals surface area contributed by atoms with Crippen molar-refractivity contribution < 1.29 is 9.53 Å². The minimum atomic E-state index is 0.0397. The van der Waals surface area contributed by atoms with Gasteiger partial charge in [-0.15, -0.1) is 0 Å². The molecule has 1 amide bonds. The van der Waals surface area contributed by atoms with Crippen molar-refractivity contribution >= 4 is 5.91 Å². The van der Waals surface area contributed by atoms with E-state index in [1.807, 2.05) is 48.9 Å². The van der Waals surface area contributed by atoms with Gasteiger partial charge in [-0.3, -0.25) is 9.48 Å². The van der Waals surface area contributed by atoms with E-state index in [1.165, 1.54) is 0 Å². The average molecular weight is 299 g/mol. The van der Waals surface area contributed by atoms with Crippen LogP contribution in [0.25, 0.3) is 0 Å². The third-order valence-electron chi connectivity index (χ3n) is 3.95. The van der Waals surface area contributed by atoms with E-state index in [9.17, 15) is 4.79 Å². The summed E-state index contributed by atoms with van der Waals surface area (Å²) in [5.74, 6) is 0.923. The van der Waals surface area contributed by atoms with Crippen LogP contribution in [0.15, 0.2) is 30.3 Å². The Kier molecular flexibility index (Phi) is 4.13. The van der Waals surface area contributed by atoms with Gasteiger partial charge in [-0.25, -0.2) is 0 Å². The highest BCUT2D eigenvalue weighted by Gasteiger charge is 2.22. The van der Waals surface area contributed by atoms with Crippen molar-refractivity contribution in [3.05, 3.63) is 47.3 Å². The molecule has 116 valence electrons. The van der Waals surface area contributed by atoms with Gasteiger partial charge in [0.15, 0.2) is 0 Å². The van der Waals surface area contributed by atoms with E-state index < -0.39 is 0 Å². The van der Waals surface area contributed by atoms with Gasteiger partial charge in [0.1, 0.15) is 5.75 Å². The molecule has 5 heteroatoms. The first-order valence-electron chi connectivity index (χ1n) is 7.65. The number of carbonyl (C=O) groups is 1. The third-order valence-corrected chi connectivity index (χ3v) is 3.95. The standard InChI is InChI=1S/C17H21N3O2/c1-12-11-13(2)20(19-12)9-7-17(21)18-15-8-10-22-16-6-4-3-5-14(15)16/h3-6,11,15H,7-10H2,1-2H3,(H,18,21)/t15-/m0/s1. The Morgan fingerprint density at radius 1 is 1.41 bits per heavy atom. The van der Waals surface area contributed by atoms with Gasteiger partial charge in [0, 0.05) is 30.6 Å². The van der Waals surface area contributed by atoms with Crippen molar-refractivity contribution in [2.75, 3.05) is 6.61 Å². The van der Waals surface area contributed by atoms with Crippen LogP contribution in [0.5, 0.6) is 5.75 Å². The van der Waals surface area contributed by atoms with E-state index in [0.29, 0.717) is 19.6 Å². The molecule has 0 unspecified atom stereocenters. The molecule has 3 rings (SSSR count). The zero-order chi connectivity index (χ0) is 15.5. The molecule has 1 aromatic heterocycles. The smallest absolute Gasteiger partial charge is 0.222 e. The summed E-state index contributed by atoms with van der Waals surface area (Å²) in [4.78, 5) is 12.2. The lowest BCUT2D eigenvalue weighted by molar-refractivity contribution is -0.122. The van der Waals surface area contributed by atoms with Crippen molar-refractivity contribution in [1.82, 2.24) is 15.1 Å². The largest absolute Gasteiger partial charge is 0.493 e. The Morgan fingerprint density at radius 3 is 3.00 bits per heavy atom. The Labute approximate surface area is 130 Å². The quantitative estimate of drug-likeness (QED) is 0.944. The number of hydrogen-bond donors (Lipinski definition) is 1. The van der Waals surface area contributed by atoms with Crippen molar-refractivity contribution in [2.45, 2.75) is 39.3 Å². The normalized spacial score (nSPS) is 16.7. The number of ether oxygens (including phenoxy) is 1. The topological polar surface area (TPSA) is 56.2 Å². The summed E-state index contributed by atoms with van der Waals surface area (Å²) >= 11 is 0. The van der Waals surface area contributed by atoms with Crippen LogP contribution in [0.4, 0.5) is 0 Å². The Balaban J connectivity index is 1.60. The summed E-state index contributed by atoms with van der Waals surface area (Å²) in [6.45, 7) is 5.21. The Bertz CT molecular complexity index is 678. The molecule has 2 heterocycles. The van der Waals surface area contributed by atoms with Gasteiger partial charge < -0.3 is 10.1 Å². The number of amides is 1. The summed E-state index contributed by atoms with van der Waals surface area (Å²) in [6.07, 6.45) is 1.24. The van der Waals surface area contributed by atoms with E-state index >= 15 is 0 Å². The predicted molar refractivity (Wildman–Crippen MR) is 83.8 cm³/mol. The second-order valence-electron chi connectivity index (χ2n) is 5.70. The van der Waals surface area contributed by atoms with Crippen LogP contribution in [0.2, 0.25) is 0 Å². The number of benzene rings is 1. The number of nitrogens with one attached hydrogen (secondary N) is 1. The van der Waals surface area contributed by atoms with Crippen molar-refractivity contribution in [3.63, 3.8) is 0 Å². The first kappa shape index (κ1) is 14.6. The number of nitrogens with zero attached hydrogens (tertiary/aromatic N) is 2. The van der Waals surface area contributed by atoms with Gasteiger partial charge in [0.25, 0.3) is 0 Å². The lowest BCUT2D eigenvalue weighted by Gasteiger charge is -2.26. The van der Waals surface area contributed by atoms with Crippen LogP contribution >= 0.6 is 0 Å². The van der Waals surface area contributed by atoms with E-state index in [2.05, 4.69) is 10.4 Å². The van der Waals surface area contributed by atoms with Crippen LogP contribution in [-0.2, 0) is 11.3 Å². The molecule has 0 saturated carbocycles. The highest BCUT2D eigenvalue weighted by Crippen LogP contribution is 2.31. The van der Waals surface area contributed by atoms with Crippen LogP contribution in [0.1, 0.15) is 35.8 Å². The maximum atomic E-state index is 12.2. The van der Waals surface area contributed by atoms with E-state index in [-0.39, 0.29) is 11.9 Å². The van der Waals surface area contributed by atoms with E-state index in [1.54, 1.807) is 0 Å². The second-order valence-corrected chi connectivity index (χ2v) is 5.70. The number of para-hydroxylation sites is 1. The molecule has 1 atom stereocenters. The van der Waals surface area contributed by atoms with Crippen molar-refractivity contribution in [2.24, 2.45) is 0 Å².